The third kappa shape index (κ3) is 26.6. The monoisotopic (exact) mass is 172 g/mol. The summed E-state index contributed by atoms with van der Waals surface area (Å²) < 4.78 is 0. The number of hydrogen-bond acceptors (Lipinski definition) is 2. The van der Waals surface area contributed by atoms with E-state index in [-0.39, 0.29) is 28.5 Å². The van der Waals surface area contributed by atoms with Crippen LogP contribution in [0.15, 0.2) is 18.7 Å². The van der Waals surface area contributed by atoms with E-state index in [2.05, 4.69) is 9.97 Å². The number of carboxylic acids is 1. The molecule has 0 aliphatic rings. The van der Waals surface area contributed by atoms with E-state index in [1.54, 1.807) is 18.7 Å². The van der Waals surface area contributed by atoms with Gasteiger partial charge in [0.05, 0.1) is 6.33 Å². The number of carboxylic acid groups (broad SMARTS) is 1. The molecule has 1 aromatic rings. The predicted molar refractivity (Wildman–Crippen MR) is 44.1 cm³/mol. The number of H-pyrrole nitrogens is 1. The van der Waals surface area contributed by atoms with Crippen LogP contribution < -0.4 is 0 Å². The van der Waals surface area contributed by atoms with Gasteiger partial charge in [-0.05, 0) is 0 Å². The highest BCUT2D eigenvalue weighted by Gasteiger charge is 1.65. The molecule has 0 fully saturated rings. The van der Waals surface area contributed by atoms with Crippen LogP contribution in [0.2, 0.25) is 0 Å². The van der Waals surface area contributed by atoms with Crippen LogP contribution >= 0.6 is 0 Å². The Morgan fingerprint density at radius 2 is 2.09 bits per heavy atom. The number of carbonyl (C=O) groups is 1. The van der Waals surface area contributed by atoms with E-state index in [0.29, 0.717) is 0 Å². The minimum atomic E-state index is -0.833. The van der Waals surface area contributed by atoms with Crippen LogP contribution in [0.5, 0.6) is 0 Å². The highest BCUT2D eigenvalue weighted by molar-refractivity contribution is 5.75. The van der Waals surface area contributed by atoms with Gasteiger partial charge in [0.2, 0.25) is 0 Å². The quantitative estimate of drug-likeness (QED) is 0.479. The highest BCUT2D eigenvalue weighted by atomic mass is 24.3. The third-order valence-corrected chi connectivity index (χ3v) is 0.406. The summed E-state index contributed by atoms with van der Waals surface area (Å²) in [6.45, 7) is 1.08. The zero-order valence-electron chi connectivity index (χ0n) is 5.53. The predicted octanol–water partition coefficient (Wildman–Crippen LogP) is -1.24. The molecule has 0 amide bonds. The molecule has 6 heteroatoms. The number of aromatic amines is 1. The molecule has 0 spiro atoms. The summed E-state index contributed by atoms with van der Waals surface area (Å²) in [6, 6.07) is 0. The Kier molecular flexibility index (Phi) is 18.5. The van der Waals surface area contributed by atoms with Crippen LogP contribution in [-0.4, -0.2) is 49.6 Å². The third-order valence-electron chi connectivity index (χ3n) is 0.406. The molecule has 11 heavy (non-hydrogen) atoms. The number of nitrogens with one attached hydrogen (secondary N) is 1. The molecule has 0 aliphatic carbocycles. The largest absolute Gasteiger partial charge is 0.481 e. The number of aromatic nitrogens is 2. The van der Waals surface area contributed by atoms with Gasteiger partial charge in [-0.25, -0.2) is 4.98 Å². The fraction of sp³-hybridized carbons (Fsp3) is 0.200. The molecule has 1 heterocycles. The lowest BCUT2D eigenvalue weighted by Crippen LogP contribution is -1.78. The van der Waals surface area contributed by atoms with Crippen molar-refractivity contribution in [2.75, 3.05) is 0 Å². The summed E-state index contributed by atoms with van der Waals surface area (Å²) in [5.74, 6) is -0.833. The van der Waals surface area contributed by atoms with Crippen molar-refractivity contribution in [3.8, 4) is 0 Å². The van der Waals surface area contributed by atoms with Crippen LogP contribution in [0.4, 0.5) is 0 Å². The molecule has 0 saturated carbocycles. The second kappa shape index (κ2) is 12.1. The maximum Gasteiger partial charge on any atom is 0.316 e. The van der Waals surface area contributed by atoms with Crippen LogP contribution in [0.3, 0.4) is 0 Å². The van der Waals surface area contributed by atoms with Crippen molar-refractivity contribution < 1.29 is 15.4 Å². The van der Waals surface area contributed by atoms with Gasteiger partial charge in [0.1, 0.15) is 0 Å². The zero-order valence-corrected chi connectivity index (χ0v) is 5.53. The van der Waals surface area contributed by atoms with Crippen LogP contribution in [0.25, 0.3) is 0 Å². The van der Waals surface area contributed by atoms with Gasteiger partial charge in [-0.3, -0.25) is 4.79 Å². The lowest BCUT2D eigenvalue weighted by atomic mass is 10.9. The van der Waals surface area contributed by atoms with E-state index in [1.165, 1.54) is 0 Å². The minimum Gasteiger partial charge on any atom is -0.481 e. The van der Waals surface area contributed by atoms with Crippen molar-refractivity contribution in [1.29, 1.82) is 0 Å². The number of nitrogens with zero attached hydrogens (tertiary/aromatic N) is 1. The van der Waals surface area contributed by atoms with E-state index in [9.17, 15) is 0 Å². The van der Waals surface area contributed by atoms with Crippen molar-refractivity contribution in [1.82, 2.24) is 9.97 Å². The highest BCUT2D eigenvalue weighted by Crippen LogP contribution is 1.62. The van der Waals surface area contributed by atoms with Gasteiger partial charge >= 0.3 is 23.1 Å². The molecular formula is C5H12MgN2O3. The molecule has 0 saturated heterocycles. The summed E-state index contributed by atoms with van der Waals surface area (Å²) in [6.07, 6.45) is 5.08. The molecule has 0 aromatic carbocycles. The molecule has 0 atom stereocenters. The molecule has 5 nitrogen and oxygen atoms in total. The number of imidazole rings is 1. The van der Waals surface area contributed by atoms with Crippen LogP contribution in [0.1, 0.15) is 6.92 Å². The van der Waals surface area contributed by atoms with Crippen molar-refractivity contribution in [2.45, 2.75) is 6.92 Å². The first kappa shape index (κ1) is 16.8. The van der Waals surface area contributed by atoms with Crippen LogP contribution in [0, 0.1) is 0 Å². The second-order valence-electron chi connectivity index (χ2n) is 1.28. The lowest BCUT2D eigenvalue weighted by Gasteiger charge is -1.59. The Morgan fingerprint density at radius 1 is 1.64 bits per heavy atom. The first-order valence-electron chi connectivity index (χ1n) is 2.35. The smallest absolute Gasteiger partial charge is 0.316 e. The minimum absolute atomic E-state index is 0. The maximum atomic E-state index is 9.00. The van der Waals surface area contributed by atoms with E-state index >= 15 is 0 Å². The zero-order chi connectivity index (χ0) is 7.11. The summed E-state index contributed by atoms with van der Waals surface area (Å²) in [5, 5.41) is 7.42. The van der Waals surface area contributed by atoms with Gasteiger partial charge in [-0.2, -0.15) is 0 Å². The topological polar surface area (TPSA) is 97.5 Å². The van der Waals surface area contributed by atoms with E-state index in [1.807, 2.05) is 0 Å². The lowest BCUT2D eigenvalue weighted by molar-refractivity contribution is -0.134. The van der Waals surface area contributed by atoms with Gasteiger partial charge in [-0.1, -0.05) is 0 Å². The molecule has 0 radical (unpaired) electrons. The fourth-order valence-corrected chi connectivity index (χ4v) is 0.215. The number of aliphatic carboxylic acids is 1. The van der Waals surface area contributed by atoms with Gasteiger partial charge < -0.3 is 15.6 Å². The molecule has 0 aliphatic heterocycles. The average Bonchev–Trinajstić information content (AvgIpc) is 2.11. The fourth-order valence-electron chi connectivity index (χ4n) is 0.215. The second-order valence-corrected chi connectivity index (χ2v) is 1.28. The van der Waals surface area contributed by atoms with Crippen molar-refractivity contribution in [3.05, 3.63) is 18.7 Å². The molecular weight excluding hydrogens is 160 g/mol. The Hall–Kier alpha value is -0.594. The van der Waals surface area contributed by atoms with Crippen molar-refractivity contribution in [2.24, 2.45) is 0 Å². The Balaban J connectivity index is -0.000000101. The number of rotatable bonds is 0. The van der Waals surface area contributed by atoms with E-state index in [0.717, 1.165) is 6.92 Å². The SMILES string of the molecule is CC(=O)O.O.[MgH2].c1c[nH]cn1. The van der Waals surface area contributed by atoms with E-state index < -0.39 is 5.97 Å². The molecule has 1 rings (SSSR count). The standard InChI is InChI=1S/C3H4N2.C2H4O2.Mg.H2O.2H/c1-2-5-3-4-1;1-2(3)4;;;;/h1-3H,(H,4,5);1H3,(H,3,4);;1H2;;. The van der Waals surface area contributed by atoms with Crippen molar-refractivity contribution >= 4 is 29.0 Å². The summed E-state index contributed by atoms with van der Waals surface area (Å²) in [5.41, 5.74) is 0. The van der Waals surface area contributed by atoms with Crippen LogP contribution in [-0.2, 0) is 4.79 Å². The summed E-state index contributed by atoms with van der Waals surface area (Å²) in [7, 11) is 0. The molecule has 0 bridgehead atoms. The normalized spacial score (nSPS) is 5.91. The van der Waals surface area contributed by atoms with Gasteiger partial charge in [-0.15, -0.1) is 0 Å². The van der Waals surface area contributed by atoms with Gasteiger partial charge in [0.25, 0.3) is 5.97 Å². The van der Waals surface area contributed by atoms with Crippen molar-refractivity contribution in [3.63, 3.8) is 0 Å². The Bertz CT molecular complexity index is 134. The average molecular weight is 172 g/mol. The summed E-state index contributed by atoms with van der Waals surface area (Å²) >= 11 is 0. The molecule has 0 unspecified atom stereocenters. The van der Waals surface area contributed by atoms with Gasteiger partial charge in [0.15, 0.2) is 0 Å². The molecule has 1 aromatic heterocycles. The van der Waals surface area contributed by atoms with E-state index in [4.69, 9.17) is 9.90 Å². The summed E-state index contributed by atoms with van der Waals surface area (Å²) in [4.78, 5) is 15.4. The number of hydrogen-bond donors (Lipinski definition) is 2. The molecule has 4 N–H and O–H groups in total. The first-order valence-corrected chi connectivity index (χ1v) is 2.35. The maximum absolute atomic E-state index is 9.00. The van der Waals surface area contributed by atoms with Gasteiger partial charge in [0, 0.05) is 19.3 Å². The Morgan fingerprint density at radius 3 is 2.18 bits per heavy atom. The first-order chi connectivity index (χ1) is 4.23. The molecule has 62 valence electrons. The Labute approximate surface area is 80.3 Å².